The van der Waals surface area contributed by atoms with Crippen LogP contribution in [0.2, 0.25) is 19.6 Å². The van der Waals surface area contributed by atoms with Crippen LogP contribution in [0.25, 0.3) is 0 Å². The van der Waals surface area contributed by atoms with E-state index in [9.17, 15) is 4.79 Å². The van der Waals surface area contributed by atoms with E-state index in [0.717, 1.165) is 17.7 Å². The van der Waals surface area contributed by atoms with Crippen molar-refractivity contribution >= 4 is 25.9 Å². The topological polar surface area (TPSA) is 26.3 Å². The summed E-state index contributed by atoms with van der Waals surface area (Å²) in [6, 6.07) is 0. The zero-order valence-corrected chi connectivity index (χ0v) is 11.6. The maximum absolute atomic E-state index is 11.5. The molecule has 0 unspecified atom stereocenters. The summed E-state index contributed by atoms with van der Waals surface area (Å²) in [6.45, 7) is 8.21. The zero-order chi connectivity index (χ0) is 11.3. The molecule has 0 spiro atoms. The van der Waals surface area contributed by atoms with Crippen molar-refractivity contribution in [1.82, 2.24) is 0 Å². The summed E-state index contributed by atoms with van der Waals surface area (Å²) >= 11 is 1.83. The van der Waals surface area contributed by atoms with Crippen LogP contribution in [0.3, 0.4) is 0 Å². The summed E-state index contributed by atoms with van der Waals surface area (Å²) in [5.41, 5.74) is 0.914. The Kier molecular flexibility index (Phi) is 2.64. The predicted molar refractivity (Wildman–Crippen MR) is 66.5 cm³/mol. The molecule has 4 heteroatoms. The molecule has 1 saturated heterocycles. The number of fused-ring (bicyclic) bond motifs is 1. The van der Waals surface area contributed by atoms with Crippen molar-refractivity contribution in [1.29, 1.82) is 0 Å². The number of carbonyl (C=O) groups excluding carboxylic acids is 1. The highest BCUT2D eigenvalue weighted by Crippen LogP contribution is 2.57. The molecule has 0 saturated carbocycles. The van der Waals surface area contributed by atoms with E-state index in [1.165, 1.54) is 0 Å². The number of carbonyl (C=O) groups is 1. The molecule has 1 aliphatic heterocycles. The fourth-order valence-corrected chi connectivity index (χ4v) is 5.90. The van der Waals surface area contributed by atoms with Crippen molar-refractivity contribution in [2.24, 2.45) is 5.92 Å². The van der Waals surface area contributed by atoms with E-state index in [1.54, 1.807) is 6.92 Å². The predicted octanol–water partition coefficient (Wildman–Crippen LogP) is 2.82. The van der Waals surface area contributed by atoms with E-state index in [1.807, 2.05) is 11.8 Å². The molecule has 0 aromatic rings. The average Bonchev–Trinajstić information content (AvgIpc) is 2.28. The van der Waals surface area contributed by atoms with Gasteiger partial charge in [0.05, 0.1) is 0 Å². The van der Waals surface area contributed by atoms with Gasteiger partial charge >= 0.3 is 0 Å². The highest BCUT2D eigenvalue weighted by atomic mass is 32.2. The number of thioether (sulfide) groups is 1. The van der Waals surface area contributed by atoms with Crippen LogP contribution in [0.1, 0.15) is 13.3 Å². The third kappa shape index (κ3) is 1.83. The van der Waals surface area contributed by atoms with E-state index in [-0.39, 0.29) is 10.7 Å². The maximum Gasteiger partial charge on any atom is 0.186 e. The summed E-state index contributed by atoms with van der Waals surface area (Å²) < 4.78 is 6.27. The van der Waals surface area contributed by atoms with Crippen LogP contribution in [-0.2, 0) is 9.22 Å². The number of hydrogen-bond donors (Lipinski definition) is 0. The van der Waals surface area contributed by atoms with Gasteiger partial charge in [-0.2, -0.15) is 0 Å². The third-order valence-electron chi connectivity index (χ3n) is 2.81. The SMILES string of the molecule is CC(=O)C1=C[C@@H]2CCS[C@@]12O[Si](C)(C)C. The largest absolute Gasteiger partial charge is 0.399 e. The molecular formula is C11H18O2SSi. The lowest BCUT2D eigenvalue weighted by Gasteiger charge is -2.46. The first-order valence-corrected chi connectivity index (χ1v) is 9.82. The van der Waals surface area contributed by atoms with Gasteiger partial charge in [-0.3, -0.25) is 4.79 Å². The van der Waals surface area contributed by atoms with Gasteiger partial charge in [0.2, 0.25) is 0 Å². The zero-order valence-electron chi connectivity index (χ0n) is 9.79. The van der Waals surface area contributed by atoms with Crippen molar-refractivity contribution in [3.8, 4) is 0 Å². The molecule has 0 bridgehead atoms. The van der Waals surface area contributed by atoms with Crippen LogP contribution in [-0.4, -0.2) is 24.8 Å². The molecule has 0 amide bonds. The van der Waals surface area contributed by atoms with E-state index in [4.69, 9.17) is 4.43 Å². The van der Waals surface area contributed by atoms with Crippen molar-refractivity contribution in [2.75, 3.05) is 5.75 Å². The minimum absolute atomic E-state index is 0.180. The summed E-state index contributed by atoms with van der Waals surface area (Å²) in [5, 5.41) is 0. The maximum atomic E-state index is 11.5. The number of Topliss-reactive ketones (excluding diaryl/α,β-unsaturated/α-hetero) is 1. The van der Waals surface area contributed by atoms with Crippen LogP contribution < -0.4 is 0 Å². The van der Waals surface area contributed by atoms with Gasteiger partial charge in [0.25, 0.3) is 0 Å². The number of rotatable bonds is 3. The molecule has 1 aliphatic carbocycles. The lowest BCUT2D eigenvalue weighted by molar-refractivity contribution is -0.115. The van der Waals surface area contributed by atoms with E-state index >= 15 is 0 Å². The van der Waals surface area contributed by atoms with E-state index in [0.29, 0.717) is 5.92 Å². The van der Waals surface area contributed by atoms with Crippen molar-refractivity contribution in [3.05, 3.63) is 11.6 Å². The Morgan fingerprint density at radius 2 is 2.27 bits per heavy atom. The van der Waals surface area contributed by atoms with Gasteiger partial charge in [-0.25, -0.2) is 0 Å². The quantitative estimate of drug-likeness (QED) is 0.712. The van der Waals surface area contributed by atoms with Crippen molar-refractivity contribution in [3.63, 3.8) is 0 Å². The highest BCUT2D eigenvalue weighted by Gasteiger charge is 2.56. The van der Waals surface area contributed by atoms with Gasteiger partial charge in [-0.1, -0.05) is 6.08 Å². The molecule has 2 atom stereocenters. The van der Waals surface area contributed by atoms with E-state index in [2.05, 4.69) is 25.7 Å². The molecule has 2 aliphatic rings. The Labute approximate surface area is 96.6 Å². The molecule has 84 valence electrons. The second-order valence-corrected chi connectivity index (χ2v) is 11.0. The summed E-state index contributed by atoms with van der Waals surface area (Å²) in [7, 11) is -1.59. The van der Waals surface area contributed by atoms with Gasteiger partial charge < -0.3 is 4.43 Å². The van der Waals surface area contributed by atoms with Crippen LogP contribution >= 0.6 is 11.8 Å². The first-order chi connectivity index (χ1) is 6.85. The molecule has 2 nitrogen and oxygen atoms in total. The molecule has 15 heavy (non-hydrogen) atoms. The number of ketones is 1. The minimum Gasteiger partial charge on any atom is -0.399 e. The molecule has 0 aromatic carbocycles. The minimum atomic E-state index is -1.59. The molecule has 1 fully saturated rings. The lowest BCUT2D eigenvalue weighted by Crippen LogP contribution is -2.51. The standard InChI is InChI=1S/C11H18O2SSi/c1-8(12)10-7-9-5-6-14-11(9,10)13-15(2,3)4/h7,9H,5-6H2,1-4H3/t9-,11+/m0/s1. The molecule has 0 aromatic heterocycles. The normalized spacial score (nSPS) is 34.4. The first kappa shape index (κ1) is 11.4. The van der Waals surface area contributed by atoms with Crippen LogP contribution in [0.4, 0.5) is 0 Å². The Hall–Kier alpha value is -0.0631. The third-order valence-corrected chi connectivity index (χ3v) is 5.37. The summed E-state index contributed by atoms with van der Waals surface area (Å²) in [6.07, 6.45) is 3.27. The Morgan fingerprint density at radius 3 is 2.73 bits per heavy atom. The molecule has 1 heterocycles. The van der Waals surface area contributed by atoms with Crippen LogP contribution in [0.5, 0.6) is 0 Å². The molecule has 2 rings (SSSR count). The first-order valence-electron chi connectivity index (χ1n) is 5.42. The molecule has 0 radical (unpaired) electrons. The monoisotopic (exact) mass is 242 g/mol. The smallest absolute Gasteiger partial charge is 0.186 e. The average molecular weight is 242 g/mol. The molecule has 0 N–H and O–H groups in total. The van der Waals surface area contributed by atoms with Crippen LogP contribution in [0.15, 0.2) is 11.6 Å². The van der Waals surface area contributed by atoms with Crippen molar-refractivity contribution < 1.29 is 9.22 Å². The fraction of sp³-hybridized carbons (Fsp3) is 0.727. The van der Waals surface area contributed by atoms with Crippen molar-refractivity contribution in [2.45, 2.75) is 37.9 Å². The fourth-order valence-electron chi connectivity index (χ4n) is 2.30. The van der Waals surface area contributed by atoms with E-state index < -0.39 is 8.32 Å². The Morgan fingerprint density at radius 1 is 1.60 bits per heavy atom. The second-order valence-electron chi connectivity index (χ2n) is 5.26. The summed E-state index contributed by atoms with van der Waals surface area (Å²) in [5.74, 6) is 1.77. The number of hydrogen-bond acceptors (Lipinski definition) is 3. The lowest BCUT2D eigenvalue weighted by atomic mass is 9.79. The second kappa shape index (κ2) is 3.47. The van der Waals surface area contributed by atoms with Gasteiger partial charge in [0, 0.05) is 11.5 Å². The Balaban J connectivity index is 2.25. The van der Waals surface area contributed by atoms with Gasteiger partial charge in [-0.05, 0) is 38.7 Å². The molecular weight excluding hydrogens is 224 g/mol. The summed E-state index contributed by atoms with van der Waals surface area (Å²) in [4.78, 5) is 11.3. The van der Waals surface area contributed by atoms with Gasteiger partial charge in [0.1, 0.15) is 4.93 Å². The van der Waals surface area contributed by atoms with Gasteiger partial charge in [-0.15, -0.1) is 11.8 Å². The Bertz CT molecular complexity index is 332. The van der Waals surface area contributed by atoms with Crippen LogP contribution in [0, 0.1) is 5.92 Å². The van der Waals surface area contributed by atoms with Gasteiger partial charge in [0.15, 0.2) is 14.1 Å². The highest BCUT2D eigenvalue weighted by molar-refractivity contribution is 8.01.